The molecule has 0 atom stereocenters. The van der Waals surface area contributed by atoms with E-state index in [9.17, 15) is 15.0 Å². The summed E-state index contributed by atoms with van der Waals surface area (Å²) in [6.07, 6.45) is 0. The number of rotatable bonds is 8. The molecule has 0 amide bonds. The number of imidazole rings is 1. The molecule has 0 bridgehead atoms. The second-order valence-corrected chi connectivity index (χ2v) is 10.1. The summed E-state index contributed by atoms with van der Waals surface area (Å²) >= 11 is 3.13. The molecule has 3 aromatic carbocycles. The topological polar surface area (TPSA) is 84.3 Å². The highest BCUT2D eigenvalue weighted by molar-refractivity contribution is 8.00. The zero-order valence-electron chi connectivity index (χ0n) is 19.1. The minimum Gasteiger partial charge on any atom is -0.493 e. The van der Waals surface area contributed by atoms with E-state index >= 15 is 0 Å². The van der Waals surface area contributed by atoms with Crippen molar-refractivity contribution in [2.75, 3.05) is 38.9 Å². The first kappa shape index (κ1) is 23.0. The average molecular weight is 498 g/mol. The Kier molecular flexibility index (Phi) is 6.20. The maximum atomic E-state index is 13.9. The fourth-order valence-corrected chi connectivity index (χ4v) is 6.39. The van der Waals surface area contributed by atoms with Crippen molar-refractivity contribution < 1.29 is 24.3 Å². The predicted molar refractivity (Wildman–Crippen MR) is 137 cm³/mol. The molecule has 5 aromatic rings. The van der Waals surface area contributed by atoms with E-state index in [1.807, 2.05) is 35.9 Å². The van der Waals surface area contributed by atoms with Gasteiger partial charge in [0.25, 0.3) is 5.65 Å². The minimum atomic E-state index is -0.103. The maximum Gasteiger partial charge on any atom is 0.347 e. The highest BCUT2D eigenvalue weighted by Gasteiger charge is 2.28. The van der Waals surface area contributed by atoms with Crippen molar-refractivity contribution in [3.8, 4) is 11.5 Å². The molecule has 176 valence electrons. The number of benzene rings is 3. The van der Waals surface area contributed by atoms with Gasteiger partial charge in [0.2, 0.25) is 0 Å². The first-order chi connectivity index (χ1) is 16.5. The molecule has 0 radical (unpaired) electrons. The molecule has 0 aliphatic carbocycles. The lowest BCUT2D eigenvalue weighted by Crippen LogP contribution is -2.29. The zero-order chi connectivity index (χ0) is 24.0. The Morgan fingerprint density at radius 3 is 2.06 bits per heavy atom. The van der Waals surface area contributed by atoms with Crippen LogP contribution in [0.15, 0.2) is 51.0 Å². The van der Waals surface area contributed by atoms with Gasteiger partial charge in [-0.15, -0.1) is 23.5 Å². The lowest BCUT2D eigenvalue weighted by molar-refractivity contribution is -0.617. The van der Waals surface area contributed by atoms with Crippen LogP contribution in [-0.4, -0.2) is 53.6 Å². The molecule has 2 aromatic heterocycles. The van der Waals surface area contributed by atoms with Crippen LogP contribution in [0.2, 0.25) is 0 Å². The Balaban J connectivity index is 1.97. The van der Waals surface area contributed by atoms with Crippen molar-refractivity contribution in [2.24, 2.45) is 7.05 Å². The summed E-state index contributed by atoms with van der Waals surface area (Å²) in [5, 5.41) is 22.3. The van der Waals surface area contributed by atoms with Crippen LogP contribution >= 0.6 is 23.5 Å². The van der Waals surface area contributed by atoms with E-state index in [0.29, 0.717) is 28.4 Å². The van der Waals surface area contributed by atoms with Gasteiger partial charge in [0, 0.05) is 44.2 Å². The van der Waals surface area contributed by atoms with Crippen LogP contribution in [0.4, 0.5) is 0 Å². The van der Waals surface area contributed by atoms with Gasteiger partial charge in [-0.1, -0.05) is 0 Å². The molecule has 9 heteroatoms. The van der Waals surface area contributed by atoms with Crippen molar-refractivity contribution >= 4 is 61.7 Å². The number of aryl methyl sites for hydroxylation is 1. The Bertz CT molecular complexity index is 1580. The molecule has 34 heavy (non-hydrogen) atoms. The number of methoxy groups -OCH3 is 2. The number of thioether (sulfide) groups is 2. The first-order valence-electron chi connectivity index (χ1n) is 10.8. The van der Waals surface area contributed by atoms with Crippen molar-refractivity contribution in [1.82, 2.24) is 4.40 Å². The second kappa shape index (κ2) is 9.14. The standard InChI is InChI=1S/C25H25N2O5S2/c1-26-16-12-18(31-2)19(32-3)13-17(16)27-24(26)14-4-6-20(33-10-8-28)23-21(34-11-9-29)7-5-15(22(14)23)25(27)30/h4-7,12-13,28-29H,8-11H2,1-3H3/q+1. The van der Waals surface area contributed by atoms with Crippen molar-refractivity contribution in [2.45, 2.75) is 9.79 Å². The van der Waals surface area contributed by atoms with E-state index in [1.165, 1.54) is 0 Å². The van der Waals surface area contributed by atoms with E-state index in [1.54, 1.807) is 42.1 Å². The van der Waals surface area contributed by atoms with Gasteiger partial charge in [0.05, 0.1) is 45.3 Å². The van der Waals surface area contributed by atoms with Gasteiger partial charge in [0.1, 0.15) is 0 Å². The molecule has 0 aliphatic rings. The fraction of sp³-hybridized carbons (Fsp3) is 0.280. The van der Waals surface area contributed by atoms with Crippen molar-refractivity contribution in [3.63, 3.8) is 0 Å². The molecule has 7 nitrogen and oxygen atoms in total. The largest absolute Gasteiger partial charge is 0.493 e. The number of aliphatic hydroxyl groups excluding tert-OH is 2. The number of fused-ring (bicyclic) bond motifs is 4. The summed E-state index contributed by atoms with van der Waals surface area (Å²) in [7, 11) is 5.13. The SMILES string of the molecule is COc1cc2c(cc1OC)[n+](C)c1c3ccc(SCCO)c4c(SCCO)ccc(c(=O)n21)c43. The van der Waals surface area contributed by atoms with Crippen molar-refractivity contribution in [1.29, 1.82) is 0 Å². The van der Waals surface area contributed by atoms with Crippen LogP contribution in [0.1, 0.15) is 0 Å². The lowest BCUT2D eigenvalue weighted by atomic mass is 10.0. The molecule has 0 aliphatic heterocycles. The van der Waals surface area contributed by atoms with Gasteiger partial charge in [0.15, 0.2) is 22.5 Å². The van der Waals surface area contributed by atoms with Gasteiger partial charge < -0.3 is 19.7 Å². The van der Waals surface area contributed by atoms with E-state index in [0.717, 1.165) is 42.6 Å². The van der Waals surface area contributed by atoms with Gasteiger partial charge in [-0.3, -0.25) is 0 Å². The average Bonchev–Trinajstić information content (AvgIpc) is 3.15. The fourth-order valence-electron chi connectivity index (χ4n) is 4.66. The smallest absolute Gasteiger partial charge is 0.347 e. The molecule has 0 saturated carbocycles. The molecule has 0 spiro atoms. The molecule has 2 heterocycles. The molecule has 0 fully saturated rings. The highest BCUT2D eigenvalue weighted by Crippen LogP contribution is 2.41. The van der Waals surface area contributed by atoms with Gasteiger partial charge in [-0.25, -0.2) is 9.36 Å². The highest BCUT2D eigenvalue weighted by atomic mass is 32.2. The Labute approximate surface area is 204 Å². The van der Waals surface area contributed by atoms with E-state index in [2.05, 4.69) is 12.1 Å². The number of nitrogens with zero attached hydrogens (tertiary/aromatic N) is 2. The Morgan fingerprint density at radius 2 is 1.47 bits per heavy atom. The van der Waals surface area contributed by atoms with Gasteiger partial charge in [-0.2, -0.15) is 4.40 Å². The summed E-state index contributed by atoms with van der Waals surface area (Å²) < 4.78 is 14.8. The van der Waals surface area contributed by atoms with Crippen molar-refractivity contribution in [3.05, 3.63) is 46.8 Å². The minimum absolute atomic E-state index is 0.0680. The van der Waals surface area contributed by atoms with Crippen LogP contribution in [0.5, 0.6) is 11.5 Å². The molecular weight excluding hydrogens is 472 g/mol. The quantitative estimate of drug-likeness (QED) is 0.252. The third-order valence-corrected chi connectivity index (χ3v) is 8.14. The number of hydrogen-bond donors (Lipinski definition) is 2. The van der Waals surface area contributed by atoms with E-state index < -0.39 is 0 Å². The maximum absolute atomic E-state index is 13.9. The number of aromatic nitrogens is 2. The summed E-state index contributed by atoms with van der Waals surface area (Å²) in [5.74, 6) is 2.28. The zero-order valence-corrected chi connectivity index (χ0v) is 20.8. The number of pyridine rings is 1. The monoisotopic (exact) mass is 497 g/mol. The van der Waals surface area contributed by atoms with Crippen LogP contribution in [-0.2, 0) is 7.05 Å². The Hall–Kier alpha value is -2.72. The van der Waals surface area contributed by atoms with Crippen LogP contribution < -0.4 is 19.6 Å². The number of ether oxygens (including phenoxy) is 2. The number of aliphatic hydroxyl groups is 2. The van der Waals surface area contributed by atoms with Gasteiger partial charge in [-0.05, 0) is 24.3 Å². The van der Waals surface area contributed by atoms with Gasteiger partial charge >= 0.3 is 5.56 Å². The predicted octanol–water partition coefficient (Wildman–Crippen LogP) is 3.21. The molecular formula is C25H25N2O5S2+. The third kappa shape index (κ3) is 3.38. The lowest BCUT2D eigenvalue weighted by Gasteiger charge is -2.13. The summed E-state index contributed by atoms with van der Waals surface area (Å²) in [5.41, 5.74) is 2.29. The summed E-state index contributed by atoms with van der Waals surface area (Å²) in [6, 6.07) is 11.7. The second-order valence-electron chi connectivity index (χ2n) is 7.84. The van der Waals surface area contributed by atoms with Crippen LogP contribution in [0.25, 0.3) is 38.2 Å². The molecule has 0 unspecified atom stereocenters. The normalized spacial score (nSPS) is 11.9. The Morgan fingerprint density at radius 1 is 0.882 bits per heavy atom. The number of hydrogen-bond acceptors (Lipinski definition) is 7. The van der Waals surface area contributed by atoms with Crippen LogP contribution in [0, 0.1) is 0 Å². The third-order valence-electron chi connectivity index (χ3n) is 6.07. The molecule has 5 rings (SSSR count). The van der Waals surface area contributed by atoms with Crippen LogP contribution in [0.3, 0.4) is 0 Å². The van der Waals surface area contributed by atoms with E-state index in [-0.39, 0.29) is 18.8 Å². The first-order valence-corrected chi connectivity index (χ1v) is 12.8. The summed E-state index contributed by atoms with van der Waals surface area (Å²) in [6.45, 7) is 0.136. The molecule has 2 N–H and O–H groups in total. The van der Waals surface area contributed by atoms with E-state index in [4.69, 9.17) is 9.47 Å². The summed E-state index contributed by atoms with van der Waals surface area (Å²) in [4.78, 5) is 15.9. The molecule has 0 saturated heterocycles.